The van der Waals surface area contributed by atoms with Crippen LogP contribution in [0.3, 0.4) is 0 Å². The van der Waals surface area contributed by atoms with E-state index in [1.165, 1.54) is 0 Å². The van der Waals surface area contributed by atoms with Crippen molar-refractivity contribution in [3.8, 4) is 0 Å². The first-order valence-corrected chi connectivity index (χ1v) is 5.96. The van der Waals surface area contributed by atoms with Crippen molar-refractivity contribution in [2.45, 2.75) is 27.2 Å². The molecule has 98 valence electrons. The summed E-state index contributed by atoms with van der Waals surface area (Å²) in [6.45, 7) is 9.26. The molecule has 0 amide bonds. The Kier molecular flexibility index (Phi) is 16.3. The van der Waals surface area contributed by atoms with Gasteiger partial charge in [-0.25, -0.2) is 0 Å². The predicted octanol–water partition coefficient (Wildman–Crippen LogP) is 1.59. The lowest BCUT2D eigenvalue weighted by Gasteiger charge is -2.20. The predicted molar refractivity (Wildman–Crippen MR) is 66.8 cm³/mol. The van der Waals surface area contributed by atoms with Crippen molar-refractivity contribution < 1.29 is 14.3 Å². The molecule has 0 N–H and O–H groups in total. The van der Waals surface area contributed by atoms with Crippen LogP contribution in [0.1, 0.15) is 27.2 Å². The summed E-state index contributed by atoms with van der Waals surface area (Å²) in [6.07, 6.45) is 0.594. The molecule has 0 rings (SSSR count). The Morgan fingerprint density at radius 3 is 1.81 bits per heavy atom. The number of ether oxygens (including phenoxy) is 2. The summed E-state index contributed by atoms with van der Waals surface area (Å²) >= 11 is 0. The average Bonchev–Trinajstić information content (AvgIpc) is 2.34. The summed E-state index contributed by atoms with van der Waals surface area (Å²) in [5.74, 6) is 0.261. The molecule has 0 radical (unpaired) electrons. The Hall–Kier alpha value is -0.450. The summed E-state index contributed by atoms with van der Waals surface area (Å²) in [4.78, 5) is 13.3. The molecule has 0 aliphatic carbocycles. The molecule has 0 bridgehead atoms. The number of hydrogen-bond donors (Lipinski definition) is 0. The number of carbonyl (C=O) groups is 1. The Morgan fingerprint density at radius 2 is 1.50 bits per heavy atom. The van der Waals surface area contributed by atoms with Crippen molar-refractivity contribution in [1.82, 2.24) is 4.90 Å². The Morgan fingerprint density at radius 1 is 1.06 bits per heavy atom. The molecule has 4 heteroatoms. The van der Waals surface area contributed by atoms with Gasteiger partial charge in [0.25, 0.3) is 0 Å². The molecule has 0 atom stereocenters. The fourth-order valence-corrected chi connectivity index (χ4v) is 1.07. The van der Waals surface area contributed by atoms with Gasteiger partial charge in [-0.3, -0.25) is 9.69 Å². The highest BCUT2D eigenvalue weighted by molar-refractivity contribution is 5.80. The van der Waals surface area contributed by atoms with Gasteiger partial charge in [0.2, 0.25) is 0 Å². The van der Waals surface area contributed by atoms with Crippen molar-refractivity contribution in [3.63, 3.8) is 0 Å². The van der Waals surface area contributed by atoms with E-state index < -0.39 is 0 Å². The van der Waals surface area contributed by atoms with E-state index in [2.05, 4.69) is 4.90 Å². The fourth-order valence-electron chi connectivity index (χ4n) is 1.07. The summed E-state index contributed by atoms with van der Waals surface area (Å²) in [6, 6.07) is 0. The van der Waals surface area contributed by atoms with Crippen molar-refractivity contribution in [1.29, 1.82) is 0 Å². The molecular formula is C12H27NO3. The second kappa shape index (κ2) is 14.6. The van der Waals surface area contributed by atoms with E-state index in [1.54, 1.807) is 14.2 Å². The van der Waals surface area contributed by atoms with Gasteiger partial charge in [0, 0.05) is 33.7 Å². The van der Waals surface area contributed by atoms with Crippen LogP contribution in [0.15, 0.2) is 0 Å². The number of rotatable bonds is 9. The zero-order chi connectivity index (χ0) is 12.8. The van der Waals surface area contributed by atoms with Gasteiger partial charge in [-0.05, 0) is 0 Å². The van der Waals surface area contributed by atoms with Crippen LogP contribution in [0.4, 0.5) is 0 Å². The first-order chi connectivity index (χ1) is 7.74. The molecule has 4 nitrogen and oxygen atoms in total. The number of nitrogens with zero attached hydrogens (tertiary/aromatic N) is 1. The van der Waals surface area contributed by atoms with Crippen molar-refractivity contribution >= 4 is 5.78 Å². The first kappa shape index (κ1) is 17.9. The third-order valence-electron chi connectivity index (χ3n) is 2.02. The van der Waals surface area contributed by atoms with E-state index in [0.717, 1.165) is 13.1 Å². The Balaban J connectivity index is 0. The van der Waals surface area contributed by atoms with Crippen LogP contribution in [0.2, 0.25) is 0 Å². The lowest BCUT2D eigenvalue weighted by molar-refractivity contribution is -0.120. The van der Waals surface area contributed by atoms with Gasteiger partial charge in [-0.15, -0.1) is 0 Å². The molecule has 0 unspecified atom stereocenters. The number of ketones is 1. The SMILES string of the molecule is CC.CCC(=O)CN(CCOC)CCOC. The second-order valence-electron chi connectivity index (χ2n) is 3.15. The molecular weight excluding hydrogens is 206 g/mol. The van der Waals surface area contributed by atoms with Crippen LogP contribution in [0, 0.1) is 0 Å². The van der Waals surface area contributed by atoms with E-state index in [0.29, 0.717) is 26.2 Å². The van der Waals surface area contributed by atoms with Gasteiger partial charge in [0.15, 0.2) is 0 Å². The van der Waals surface area contributed by atoms with Crippen LogP contribution in [0.5, 0.6) is 0 Å². The van der Waals surface area contributed by atoms with E-state index in [1.807, 2.05) is 20.8 Å². The maximum Gasteiger partial charge on any atom is 0.146 e. The summed E-state index contributed by atoms with van der Waals surface area (Å²) in [7, 11) is 3.33. The zero-order valence-corrected chi connectivity index (χ0v) is 11.4. The number of carbonyl (C=O) groups excluding carboxylic acids is 1. The Labute approximate surface area is 99.9 Å². The smallest absolute Gasteiger partial charge is 0.146 e. The van der Waals surface area contributed by atoms with Crippen LogP contribution in [0.25, 0.3) is 0 Å². The number of methoxy groups -OCH3 is 2. The van der Waals surface area contributed by atoms with Gasteiger partial charge in [-0.1, -0.05) is 20.8 Å². The number of hydrogen-bond acceptors (Lipinski definition) is 4. The Bertz CT molecular complexity index is 143. The van der Waals surface area contributed by atoms with E-state index in [9.17, 15) is 4.79 Å². The fraction of sp³-hybridized carbons (Fsp3) is 0.917. The standard InChI is InChI=1S/C10H21NO3.C2H6/c1-4-10(12)9-11(5-7-13-2)6-8-14-3;1-2/h4-9H2,1-3H3;1-2H3. The average molecular weight is 233 g/mol. The highest BCUT2D eigenvalue weighted by Gasteiger charge is 2.08. The molecule has 0 fully saturated rings. The molecule has 0 saturated carbocycles. The minimum Gasteiger partial charge on any atom is -0.383 e. The van der Waals surface area contributed by atoms with Crippen molar-refractivity contribution in [2.24, 2.45) is 0 Å². The third kappa shape index (κ3) is 11.6. The zero-order valence-electron chi connectivity index (χ0n) is 11.4. The van der Waals surface area contributed by atoms with Crippen molar-refractivity contribution in [3.05, 3.63) is 0 Å². The van der Waals surface area contributed by atoms with E-state index in [4.69, 9.17) is 9.47 Å². The molecule has 16 heavy (non-hydrogen) atoms. The molecule has 0 aliphatic heterocycles. The number of Topliss-reactive ketones (excluding diaryl/α,β-unsaturated/α-hetero) is 1. The van der Waals surface area contributed by atoms with Crippen LogP contribution in [-0.4, -0.2) is 57.8 Å². The van der Waals surface area contributed by atoms with Gasteiger partial charge in [0.05, 0.1) is 19.8 Å². The van der Waals surface area contributed by atoms with Crippen LogP contribution >= 0.6 is 0 Å². The summed E-state index contributed by atoms with van der Waals surface area (Å²) in [5.41, 5.74) is 0. The molecule has 0 spiro atoms. The van der Waals surface area contributed by atoms with E-state index >= 15 is 0 Å². The largest absolute Gasteiger partial charge is 0.383 e. The van der Waals surface area contributed by atoms with Gasteiger partial charge >= 0.3 is 0 Å². The third-order valence-corrected chi connectivity index (χ3v) is 2.02. The molecule has 0 aromatic carbocycles. The maximum absolute atomic E-state index is 11.2. The second-order valence-corrected chi connectivity index (χ2v) is 3.15. The lowest BCUT2D eigenvalue weighted by atomic mass is 10.3. The normalized spacial score (nSPS) is 9.88. The van der Waals surface area contributed by atoms with Gasteiger partial charge < -0.3 is 9.47 Å². The first-order valence-electron chi connectivity index (χ1n) is 5.96. The van der Waals surface area contributed by atoms with Crippen LogP contribution in [-0.2, 0) is 14.3 Å². The minimum atomic E-state index is 0.261. The highest BCUT2D eigenvalue weighted by Crippen LogP contribution is 1.92. The summed E-state index contributed by atoms with van der Waals surface area (Å²) in [5, 5.41) is 0. The summed E-state index contributed by atoms with van der Waals surface area (Å²) < 4.78 is 9.95. The molecule has 0 aromatic heterocycles. The minimum absolute atomic E-state index is 0.261. The van der Waals surface area contributed by atoms with Crippen LogP contribution < -0.4 is 0 Å². The molecule has 0 aliphatic rings. The quantitative estimate of drug-likeness (QED) is 0.606. The highest BCUT2D eigenvalue weighted by atomic mass is 16.5. The lowest BCUT2D eigenvalue weighted by Crippen LogP contribution is -2.35. The molecule has 0 heterocycles. The monoisotopic (exact) mass is 233 g/mol. The maximum atomic E-state index is 11.2. The van der Waals surface area contributed by atoms with Gasteiger partial charge in [0.1, 0.15) is 5.78 Å². The molecule has 0 aromatic rings. The topological polar surface area (TPSA) is 38.8 Å². The molecule has 0 saturated heterocycles. The van der Waals surface area contributed by atoms with Crippen molar-refractivity contribution in [2.75, 3.05) is 47.1 Å². The van der Waals surface area contributed by atoms with Gasteiger partial charge in [-0.2, -0.15) is 0 Å². The van der Waals surface area contributed by atoms with E-state index in [-0.39, 0.29) is 5.78 Å².